The highest BCUT2D eigenvalue weighted by atomic mass is 32.2. The number of ether oxygens (including phenoxy) is 1. The standard InChI is InChI=1S/C23H25F2N3O9S2/c1-27(2)23(32)37-15-5-3-14(4-6-15)11-20(22(30)31)28(21(29)19-13-38(33,34)10-9-26-19)39(35,36)16-7-8-17(24)18(25)12-16/h3-8,12,19-20,26H,9-11,13H2,1-2H3,(H,30,31)/t19?,20-/m0/s1. The fourth-order valence-electron chi connectivity index (χ4n) is 3.67. The van der Waals surface area contributed by atoms with Crippen molar-refractivity contribution in [3.05, 3.63) is 59.7 Å². The van der Waals surface area contributed by atoms with Crippen molar-refractivity contribution in [2.45, 2.75) is 23.4 Å². The molecule has 1 unspecified atom stereocenters. The minimum Gasteiger partial charge on any atom is -0.480 e. The summed E-state index contributed by atoms with van der Waals surface area (Å²) in [4.78, 5) is 37.8. The number of amides is 2. The van der Waals surface area contributed by atoms with E-state index in [-0.39, 0.29) is 27.9 Å². The number of carbonyl (C=O) groups is 3. The lowest BCUT2D eigenvalue weighted by Crippen LogP contribution is -2.59. The molecular formula is C23H25F2N3O9S2. The maximum atomic E-state index is 13.9. The monoisotopic (exact) mass is 589 g/mol. The van der Waals surface area contributed by atoms with Gasteiger partial charge in [0.15, 0.2) is 21.5 Å². The Labute approximate surface area is 223 Å². The Morgan fingerprint density at radius 2 is 1.74 bits per heavy atom. The Kier molecular flexibility index (Phi) is 8.92. The number of nitrogens with one attached hydrogen (secondary N) is 1. The quantitative estimate of drug-likeness (QED) is 0.446. The predicted molar refractivity (Wildman–Crippen MR) is 132 cm³/mol. The predicted octanol–water partition coefficient (Wildman–Crippen LogP) is 0.625. The highest BCUT2D eigenvalue weighted by molar-refractivity contribution is 7.91. The van der Waals surface area contributed by atoms with E-state index in [0.29, 0.717) is 18.2 Å². The number of halogens is 2. The number of carboxylic acids is 1. The van der Waals surface area contributed by atoms with Gasteiger partial charge in [-0.3, -0.25) is 4.79 Å². The highest BCUT2D eigenvalue weighted by Gasteiger charge is 2.44. The van der Waals surface area contributed by atoms with E-state index >= 15 is 0 Å². The van der Waals surface area contributed by atoms with E-state index in [2.05, 4.69) is 5.32 Å². The molecule has 2 atom stereocenters. The van der Waals surface area contributed by atoms with Gasteiger partial charge in [-0.25, -0.2) is 39.5 Å². The second-order valence-corrected chi connectivity index (χ2v) is 12.8. The molecule has 212 valence electrons. The van der Waals surface area contributed by atoms with E-state index in [0.717, 1.165) is 0 Å². The second-order valence-electron chi connectivity index (χ2n) is 8.80. The molecule has 1 aliphatic rings. The first-order chi connectivity index (χ1) is 18.1. The summed E-state index contributed by atoms with van der Waals surface area (Å²) in [5, 5.41) is 12.6. The number of carbonyl (C=O) groups excluding carboxylic acids is 2. The number of hydrogen-bond donors (Lipinski definition) is 2. The minimum absolute atomic E-state index is 0.0134. The highest BCUT2D eigenvalue weighted by Crippen LogP contribution is 2.25. The number of aliphatic carboxylic acids is 1. The van der Waals surface area contributed by atoms with Gasteiger partial charge in [0, 0.05) is 27.1 Å². The summed E-state index contributed by atoms with van der Waals surface area (Å²) in [5.41, 5.74) is 0.203. The van der Waals surface area contributed by atoms with Gasteiger partial charge < -0.3 is 20.1 Å². The molecule has 0 aromatic heterocycles. The molecule has 2 amide bonds. The van der Waals surface area contributed by atoms with Crippen LogP contribution in [0.15, 0.2) is 47.4 Å². The number of sulfonamides is 1. The third-order valence-corrected chi connectivity index (χ3v) is 9.15. The van der Waals surface area contributed by atoms with Crippen LogP contribution in [0.3, 0.4) is 0 Å². The molecule has 0 aliphatic carbocycles. The average molecular weight is 590 g/mol. The molecule has 16 heteroatoms. The largest absolute Gasteiger partial charge is 0.480 e. The van der Waals surface area contributed by atoms with Gasteiger partial charge >= 0.3 is 12.1 Å². The maximum absolute atomic E-state index is 13.9. The van der Waals surface area contributed by atoms with E-state index in [9.17, 15) is 45.1 Å². The summed E-state index contributed by atoms with van der Waals surface area (Å²) in [6.45, 7) is -0.192. The number of benzene rings is 2. The number of hydrogen-bond acceptors (Lipinski definition) is 9. The molecule has 0 saturated carbocycles. The van der Waals surface area contributed by atoms with Gasteiger partial charge in [0.05, 0.1) is 16.4 Å². The van der Waals surface area contributed by atoms with Gasteiger partial charge in [-0.2, -0.15) is 0 Å². The fraction of sp³-hybridized carbons (Fsp3) is 0.348. The fourth-order valence-corrected chi connectivity index (χ4v) is 6.61. The molecule has 0 radical (unpaired) electrons. The molecule has 1 saturated heterocycles. The van der Waals surface area contributed by atoms with Crippen LogP contribution in [0.25, 0.3) is 0 Å². The number of sulfone groups is 1. The number of carboxylic acid groups (broad SMARTS) is 1. The van der Waals surface area contributed by atoms with E-state index in [1.54, 1.807) is 0 Å². The van der Waals surface area contributed by atoms with Crippen LogP contribution in [0.1, 0.15) is 5.56 Å². The van der Waals surface area contributed by atoms with Crippen molar-refractivity contribution in [2.75, 3.05) is 32.1 Å². The molecule has 39 heavy (non-hydrogen) atoms. The lowest BCUT2D eigenvalue weighted by atomic mass is 10.1. The van der Waals surface area contributed by atoms with Gasteiger partial charge in [-0.15, -0.1) is 0 Å². The molecule has 1 fully saturated rings. The average Bonchev–Trinajstić information content (AvgIpc) is 2.85. The molecule has 0 bridgehead atoms. The smallest absolute Gasteiger partial charge is 0.414 e. The van der Waals surface area contributed by atoms with Crippen molar-refractivity contribution in [3.63, 3.8) is 0 Å². The van der Waals surface area contributed by atoms with Crippen LogP contribution in [-0.4, -0.2) is 93.3 Å². The number of rotatable bonds is 8. The van der Waals surface area contributed by atoms with Crippen molar-refractivity contribution in [1.29, 1.82) is 0 Å². The Balaban J connectivity index is 2.04. The zero-order valence-corrected chi connectivity index (χ0v) is 22.3. The maximum Gasteiger partial charge on any atom is 0.414 e. The van der Waals surface area contributed by atoms with Crippen molar-refractivity contribution in [3.8, 4) is 5.75 Å². The molecular weight excluding hydrogens is 564 g/mol. The third kappa shape index (κ3) is 7.07. The summed E-state index contributed by atoms with van der Waals surface area (Å²) >= 11 is 0. The second kappa shape index (κ2) is 11.6. The first kappa shape index (κ1) is 29.9. The first-order valence-electron chi connectivity index (χ1n) is 11.3. The van der Waals surface area contributed by atoms with E-state index in [1.807, 2.05) is 0 Å². The van der Waals surface area contributed by atoms with Crippen LogP contribution >= 0.6 is 0 Å². The Morgan fingerprint density at radius 1 is 1.10 bits per heavy atom. The van der Waals surface area contributed by atoms with Crippen LogP contribution in [0.2, 0.25) is 0 Å². The summed E-state index contributed by atoms with van der Waals surface area (Å²) in [6.07, 6.45) is -1.28. The summed E-state index contributed by atoms with van der Waals surface area (Å²) in [5.74, 6) is -7.12. The van der Waals surface area contributed by atoms with Crippen molar-refractivity contribution < 1.29 is 49.8 Å². The van der Waals surface area contributed by atoms with E-state index in [4.69, 9.17) is 4.74 Å². The van der Waals surface area contributed by atoms with Gasteiger partial charge in [0.2, 0.25) is 0 Å². The zero-order chi connectivity index (χ0) is 29.1. The van der Waals surface area contributed by atoms with Crippen molar-refractivity contribution in [1.82, 2.24) is 14.5 Å². The van der Waals surface area contributed by atoms with Crippen LogP contribution in [0.4, 0.5) is 13.6 Å². The van der Waals surface area contributed by atoms with Gasteiger partial charge in [-0.1, -0.05) is 12.1 Å². The van der Waals surface area contributed by atoms with Crippen LogP contribution < -0.4 is 10.1 Å². The van der Waals surface area contributed by atoms with Gasteiger partial charge in [-0.05, 0) is 35.9 Å². The zero-order valence-electron chi connectivity index (χ0n) is 20.7. The third-order valence-electron chi connectivity index (χ3n) is 5.68. The van der Waals surface area contributed by atoms with Gasteiger partial charge in [0.1, 0.15) is 17.8 Å². The summed E-state index contributed by atoms with van der Waals surface area (Å²) in [7, 11) is -5.99. The molecule has 1 heterocycles. The molecule has 2 aromatic carbocycles. The van der Waals surface area contributed by atoms with Crippen LogP contribution in [-0.2, 0) is 35.9 Å². The topological polar surface area (TPSA) is 167 Å². The molecule has 1 aliphatic heterocycles. The lowest BCUT2D eigenvalue weighted by Gasteiger charge is -2.33. The lowest BCUT2D eigenvalue weighted by molar-refractivity contribution is -0.146. The van der Waals surface area contributed by atoms with Crippen molar-refractivity contribution >= 4 is 37.8 Å². The summed E-state index contributed by atoms with van der Waals surface area (Å²) < 4.78 is 83.8. The number of nitrogens with zero attached hydrogens (tertiary/aromatic N) is 2. The van der Waals surface area contributed by atoms with E-state index in [1.165, 1.54) is 43.3 Å². The van der Waals surface area contributed by atoms with Crippen LogP contribution in [0, 0.1) is 11.6 Å². The summed E-state index contributed by atoms with van der Waals surface area (Å²) in [6, 6.07) is 3.04. The molecule has 0 spiro atoms. The first-order valence-corrected chi connectivity index (χ1v) is 14.6. The Bertz CT molecular complexity index is 1480. The van der Waals surface area contributed by atoms with Crippen molar-refractivity contribution in [2.24, 2.45) is 0 Å². The SMILES string of the molecule is CN(C)C(=O)Oc1ccc(C[C@@H](C(=O)O)N(C(=O)C2CS(=O)(=O)CCN2)S(=O)(=O)c2ccc(F)c(F)c2)cc1. The Hall–Kier alpha value is -3.63. The normalized spacial score (nSPS) is 17.6. The van der Waals surface area contributed by atoms with Gasteiger partial charge in [0.25, 0.3) is 15.9 Å². The minimum atomic E-state index is -5.14. The van der Waals surface area contributed by atoms with Crippen LogP contribution in [0.5, 0.6) is 5.75 Å². The van der Waals surface area contributed by atoms with E-state index < -0.39 is 78.6 Å². The molecule has 3 rings (SSSR count). The molecule has 2 aromatic rings. The molecule has 2 N–H and O–H groups in total. The Morgan fingerprint density at radius 3 is 2.28 bits per heavy atom. The molecule has 12 nitrogen and oxygen atoms in total.